The van der Waals surface area contributed by atoms with Gasteiger partial charge in [0.15, 0.2) is 17.5 Å². The van der Waals surface area contributed by atoms with Crippen molar-refractivity contribution < 1.29 is 4.42 Å². The molecular weight excluding hydrogens is 671 g/mol. The first-order valence-electron chi connectivity index (χ1n) is 18.8. The fourth-order valence-electron chi connectivity index (χ4n) is 8.20. The maximum atomic E-state index is 6.57. The van der Waals surface area contributed by atoms with Gasteiger partial charge in [-0.1, -0.05) is 152 Å². The van der Waals surface area contributed by atoms with Crippen LogP contribution in [0.3, 0.4) is 0 Å². The van der Waals surface area contributed by atoms with Crippen molar-refractivity contribution in [2.75, 3.05) is 0 Å². The lowest BCUT2D eigenvalue weighted by Crippen LogP contribution is -2.01. The summed E-state index contributed by atoms with van der Waals surface area (Å²) in [7, 11) is 0. The Kier molecular flexibility index (Phi) is 7.27. The highest BCUT2D eigenvalue weighted by atomic mass is 16.3. The zero-order valence-corrected chi connectivity index (χ0v) is 29.9. The number of hydrogen-bond donors (Lipinski definition) is 0. The number of aromatic nitrogens is 3. The number of nitrogens with zero attached hydrogens (tertiary/aromatic N) is 3. The molecule has 55 heavy (non-hydrogen) atoms. The van der Waals surface area contributed by atoms with Crippen molar-refractivity contribution in [3.05, 3.63) is 187 Å². The van der Waals surface area contributed by atoms with E-state index in [2.05, 4.69) is 170 Å². The van der Waals surface area contributed by atoms with Gasteiger partial charge in [-0.05, 0) is 85.3 Å². The van der Waals surface area contributed by atoms with E-state index in [1.54, 1.807) is 0 Å². The molecule has 2 heterocycles. The van der Waals surface area contributed by atoms with E-state index in [9.17, 15) is 0 Å². The van der Waals surface area contributed by atoms with Gasteiger partial charge in [-0.15, -0.1) is 0 Å². The first-order chi connectivity index (χ1) is 27.2. The Labute approximate surface area is 318 Å². The molecule has 10 aromatic rings. The molecule has 0 unspecified atom stereocenters. The molecular formula is C51H33N3O. The second kappa shape index (κ2) is 12.8. The standard InChI is InChI=1S/C51H33N3O/c1-2-9-32(10-3-1)34-17-19-35(20-18-34)39-27-28-46-45(30-39)48-43(15-8-16-47(48)55-46)51-53-49(40-25-21-33-11-4-5-13-38(33)29-40)52-50(54-51)41-26-24-37-23-22-36-12-6-7-14-42(36)44(37)31-41/h1-26,29-31H,27-28H2. The van der Waals surface area contributed by atoms with Crippen molar-refractivity contribution in [2.24, 2.45) is 0 Å². The second-order valence-electron chi connectivity index (χ2n) is 14.3. The van der Waals surface area contributed by atoms with Gasteiger partial charge in [0.1, 0.15) is 11.3 Å². The number of allylic oxidation sites excluding steroid dienone is 1. The topological polar surface area (TPSA) is 51.8 Å². The van der Waals surface area contributed by atoms with Crippen LogP contribution in [0, 0.1) is 0 Å². The minimum Gasteiger partial charge on any atom is -0.460 e. The third-order valence-electron chi connectivity index (χ3n) is 11.0. The largest absolute Gasteiger partial charge is 0.460 e. The number of rotatable bonds is 5. The lowest BCUT2D eigenvalue weighted by Gasteiger charge is -2.14. The summed E-state index contributed by atoms with van der Waals surface area (Å²) >= 11 is 0. The normalized spacial score (nSPS) is 12.7. The van der Waals surface area contributed by atoms with Crippen LogP contribution in [0.5, 0.6) is 0 Å². The van der Waals surface area contributed by atoms with Gasteiger partial charge in [-0.3, -0.25) is 0 Å². The van der Waals surface area contributed by atoms with E-state index in [0.717, 1.165) is 57.2 Å². The van der Waals surface area contributed by atoms with E-state index >= 15 is 0 Å². The summed E-state index contributed by atoms with van der Waals surface area (Å²) in [6.07, 6.45) is 4.05. The summed E-state index contributed by atoms with van der Waals surface area (Å²) in [6.45, 7) is 0. The minimum atomic E-state index is 0.619. The van der Waals surface area contributed by atoms with Crippen LogP contribution >= 0.6 is 0 Å². The highest BCUT2D eigenvalue weighted by molar-refractivity contribution is 6.09. The SMILES string of the molecule is C1=C(c2ccc(-c3ccccc3)cc2)CCc2oc3cccc(-c4nc(-c5ccc6ccccc6c5)nc(-c5ccc6ccc7ccccc7c6c5)n4)c3c21. The lowest BCUT2D eigenvalue weighted by atomic mass is 9.90. The number of hydrogen-bond acceptors (Lipinski definition) is 4. The van der Waals surface area contributed by atoms with Gasteiger partial charge in [-0.25, -0.2) is 15.0 Å². The highest BCUT2D eigenvalue weighted by Gasteiger charge is 2.23. The van der Waals surface area contributed by atoms with Gasteiger partial charge in [0.25, 0.3) is 0 Å². The summed E-state index contributed by atoms with van der Waals surface area (Å²) in [4.78, 5) is 15.7. The maximum Gasteiger partial charge on any atom is 0.164 e. The van der Waals surface area contributed by atoms with Crippen molar-refractivity contribution in [2.45, 2.75) is 12.8 Å². The van der Waals surface area contributed by atoms with Crippen molar-refractivity contribution in [1.29, 1.82) is 0 Å². The third-order valence-corrected chi connectivity index (χ3v) is 11.0. The summed E-state index contributed by atoms with van der Waals surface area (Å²) in [6, 6.07) is 59.9. The number of benzene rings is 8. The molecule has 0 atom stereocenters. The van der Waals surface area contributed by atoms with Crippen LogP contribution in [-0.4, -0.2) is 15.0 Å². The molecule has 0 radical (unpaired) electrons. The molecule has 2 aromatic heterocycles. The molecule has 1 aliphatic carbocycles. The van der Waals surface area contributed by atoms with Crippen LogP contribution in [0.2, 0.25) is 0 Å². The zero-order valence-electron chi connectivity index (χ0n) is 29.9. The van der Waals surface area contributed by atoms with Gasteiger partial charge in [0.2, 0.25) is 0 Å². The molecule has 0 bridgehead atoms. The Hall–Kier alpha value is -7.17. The fraction of sp³-hybridized carbons (Fsp3) is 0.0392. The first-order valence-corrected chi connectivity index (χ1v) is 18.8. The van der Waals surface area contributed by atoms with E-state index in [-0.39, 0.29) is 0 Å². The average Bonchev–Trinajstić information content (AvgIpc) is 3.64. The molecule has 4 nitrogen and oxygen atoms in total. The fourth-order valence-corrected chi connectivity index (χ4v) is 8.20. The lowest BCUT2D eigenvalue weighted by molar-refractivity contribution is 0.548. The third kappa shape index (κ3) is 5.50. The van der Waals surface area contributed by atoms with Crippen LogP contribution in [0.1, 0.15) is 23.3 Å². The van der Waals surface area contributed by atoms with Gasteiger partial charge in [-0.2, -0.15) is 0 Å². The Morgan fingerprint density at radius 1 is 0.400 bits per heavy atom. The minimum absolute atomic E-state index is 0.619. The van der Waals surface area contributed by atoms with Crippen molar-refractivity contribution in [3.63, 3.8) is 0 Å². The molecule has 258 valence electrons. The molecule has 8 aromatic carbocycles. The summed E-state index contributed by atoms with van der Waals surface area (Å²) in [5.41, 5.74) is 9.70. The van der Waals surface area contributed by atoms with Crippen LogP contribution in [0.25, 0.3) is 100 Å². The van der Waals surface area contributed by atoms with Gasteiger partial charge < -0.3 is 4.42 Å². The van der Waals surface area contributed by atoms with E-state index in [4.69, 9.17) is 19.4 Å². The Morgan fingerprint density at radius 2 is 1.00 bits per heavy atom. The quantitative estimate of drug-likeness (QED) is 0.167. The maximum absolute atomic E-state index is 6.57. The van der Waals surface area contributed by atoms with Crippen LogP contribution in [0.4, 0.5) is 0 Å². The van der Waals surface area contributed by atoms with Crippen LogP contribution < -0.4 is 0 Å². The molecule has 1 aliphatic rings. The van der Waals surface area contributed by atoms with Gasteiger partial charge in [0.05, 0.1) is 0 Å². The Morgan fingerprint density at radius 3 is 1.82 bits per heavy atom. The summed E-state index contributed by atoms with van der Waals surface area (Å²) in [5.74, 6) is 2.88. The second-order valence-corrected chi connectivity index (χ2v) is 14.3. The molecule has 0 N–H and O–H groups in total. The Balaban J connectivity index is 1.08. The molecule has 11 rings (SSSR count). The van der Waals surface area contributed by atoms with Crippen molar-refractivity contribution in [1.82, 2.24) is 15.0 Å². The summed E-state index contributed by atoms with van der Waals surface area (Å²) < 4.78 is 6.57. The predicted octanol–water partition coefficient (Wildman–Crippen LogP) is 13.2. The van der Waals surface area contributed by atoms with Crippen molar-refractivity contribution in [3.8, 4) is 45.3 Å². The molecule has 0 spiro atoms. The van der Waals surface area contributed by atoms with Crippen LogP contribution in [0.15, 0.2) is 174 Å². The van der Waals surface area contributed by atoms with Gasteiger partial charge >= 0.3 is 0 Å². The first kappa shape index (κ1) is 31.4. The number of aryl methyl sites for hydroxylation is 1. The summed E-state index contributed by atoms with van der Waals surface area (Å²) in [5, 5.41) is 8.11. The smallest absolute Gasteiger partial charge is 0.164 e. The molecule has 0 fully saturated rings. The molecule has 0 saturated heterocycles. The molecule has 0 amide bonds. The predicted molar refractivity (Wildman–Crippen MR) is 226 cm³/mol. The number of furan rings is 1. The van der Waals surface area contributed by atoms with E-state index in [0.29, 0.717) is 17.5 Å². The van der Waals surface area contributed by atoms with E-state index < -0.39 is 0 Å². The molecule has 0 saturated carbocycles. The molecule has 4 heteroatoms. The van der Waals surface area contributed by atoms with E-state index in [1.807, 2.05) is 6.07 Å². The van der Waals surface area contributed by atoms with Gasteiger partial charge in [0, 0.05) is 34.1 Å². The Bertz CT molecular complexity index is 3140. The van der Waals surface area contributed by atoms with Crippen molar-refractivity contribution >= 4 is 54.9 Å². The van der Waals surface area contributed by atoms with E-state index in [1.165, 1.54) is 49.2 Å². The van der Waals surface area contributed by atoms with Crippen LogP contribution in [-0.2, 0) is 6.42 Å². The molecule has 0 aliphatic heterocycles. The number of fused-ring (bicyclic) bond motifs is 7. The average molecular weight is 704 g/mol. The highest BCUT2D eigenvalue weighted by Crippen LogP contribution is 2.41. The monoisotopic (exact) mass is 703 g/mol. The zero-order chi connectivity index (χ0) is 36.3.